The number of fused-ring (bicyclic) bond motifs is 1. The lowest BCUT2D eigenvalue weighted by atomic mass is 10.1. The summed E-state index contributed by atoms with van der Waals surface area (Å²) in [6, 6.07) is 0. The third kappa shape index (κ3) is 2.64. The number of nitrogens with zero attached hydrogens (tertiary/aromatic N) is 4. The monoisotopic (exact) mass is 324 g/mol. The fraction of sp³-hybridized carbons (Fsp3) is 0.500. The Hall–Kier alpha value is -2.18. The average molecular weight is 324 g/mol. The second kappa shape index (κ2) is 6.14. The number of rotatable bonds is 4. The number of hydrogen-bond donors (Lipinski definition) is 5. The van der Waals surface area contributed by atoms with Crippen molar-refractivity contribution < 1.29 is 24.9 Å². The summed E-state index contributed by atoms with van der Waals surface area (Å²) in [4.78, 5) is 23.5. The lowest BCUT2D eigenvalue weighted by Crippen LogP contribution is -2.33. The predicted molar refractivity (Wildman–Crippen MR) is 76.0 cm³/mol. The molecule has 0 saturated carbocycles. The van der Waals surface area contributed by atoms with Crippen molar-refractivity contribution in [3.05, 3.63) is 12.7 Å². The van der Waals surface area contributed by atoms with E-state index in [1.807, 2.05) is 0 Å². The molecule has 0 aliphatic carbocycles. The molecule has 0 radical (unpaired) electrons. The molecule has 3 rings (SSSR count). The Kier molecular flexibility index (Phi) is 4.19. The maximum atomic E-state index is 11.4. The van der Waals surface area contributed by atoms with Gasteiger partial charge in [0, 0.05) is 0 Å². The maximum Gasteiger partial charge on any atom is 0.239 e. The minimum atomic E-state index is -1.26. The SMILES string of the molecule is NCC(=O)Nc1ncnc2c1ncn2[C@@H]1O[C@H](CO)[C@@H](O)[C@H]1O. The van der Waals surface area contributed by atoms with Crippen LogP contribution in [0.2, 0.25) is 0 Å². The molecule has 23 heavy (non-hydrogen) atoms. The number of hydrogen-bond acceptors (Lipinski definition) is 9. The number of imidazole rings is 1. The summed E-state index contributed by atoms with van der Waals surface area (Å²) >= 11 is 0. The highest BCUT2D eigenvalue weighted by Crippen LogP contribution is 2.31. The van der Waals surface area contributed by atoms with Gasteiger partial charge in [0.05, 0.1) is 19.5 Å². The zero-order valence-electron chi connectivity index (χ0n) is 11.9. The van der Waals surface area contributed by atoms with Gasteiger partial charge in [-0.1, -0.05) is 0 Å². The molecule has 4 atom stereocenters. The first-order valence-electron chi connectivity index (χ1n) is 6.86. The molecule has 2 aromatic rings. The lowest BCUT2D eigenvalue weighted by molar-refractivity contribution is -0.114. The van der Waals surface area contributed by atoms with Gasteiger partial charge in [-0.05, 0) is 0 Å². The van der Waals surface area contributed by atoms with Crippen molar-refractivity contribution in [2.45, 2.75) is 24.5 Å². The van der Waals surface area contributed by atoms with Crippen molar-refractivity contribution in [2.75, 3.05) is 18.5 Å². The van der Waals surface area contributed by atoms with E-state index in [0.717, 1.165) is 0 Å². The summed E-state index contributed by atoms with van der Waals surface area (Å²) in [5.74, 6) is -0.261. The Morgan fingerprint density at radius 1 is 1.35 bits per heavy atom. The topological polar surface area (TPSA) is 169 Å². The largest absolute Gasteiger partial charge is 0.394 e. The van der Waals surface area contributed by atoms with Crippen molar-refractivity contribution in [3.63, 3.8) is 0 Å². The lowest BCUT2D eigenvalue weighted by Gasteiger charge is -2.16. The molecule has 0 aromatic carbocycles. The van der Waals surface area contributed by atoms with Crippen LogP contribution in [0, 0.1) is 0 Å². The first kappa shape index (κ1) is 15.7. The van der Waals surface area contributed by atoms with E-state index in [-0.39, 0.29) is 17.9 Å². The highest BCUT2D eigenvalue weighted by Gasteiger charge is 2.44. The molecular formula is C12H16N6O5. The summed E-state index contributed by atoms with van der Waals surface area (Å²) in [5.41, 5.74) is 5.83. The second-order valence-electron chi connectivity index (χ2n) is 5.03. The summed E-state index contributed by atoms with van der Waals surface area (Å²) < 4.78 is 6.84. The molecule has 6 N–H and O–H groups in total. The van der Waals surface area contributed by atoms with E-state index < -0.39 is 37.1 Å². The molecular weight excluding hydrogens is 308 g/mol. The molecule has 3 heterocycles. The molecule has 1 fully saturated rings. The fourth-order valence-electron chi connectivity index (χ4n) is 2.42. The van der Waals surface area contributed by atoms with E-state index in [9.17, 15) is 15.0 Å². The normalized spacial score (nSPS) is 27.5. The summed E-state index contributed by atoms with van der Waals surface area (Å²) in [5, 5.41) is 31.6. The summed E-state index contributed by atoms with van der Waals surface area (Å²) in [6.45, 7) is -0.644. The molecule has 11 nitrogen and oxygen atoms in total. The Labute approximate surface area is 129 Å². The number of nitrogens with one attached hydrogen (secondary N) is 1. The van der Waals surface area contributed by atoms with Crippen LogP contribution in [0.3, 0.4) is 0 Å². The van der Waals surface area contributed by atoms with Crippen molar-refractivity contribution in [3.8, 4) is 0 Å². The van der Waals surface area contributed by atoms with Crippen molar-refractivity contribution >= 4 is 22.9 Å². The quantitative estimate of drug-likeness (QED) is 0.402. The third-order valence-electron chi connectivity index (χ3n) is 3.59. The first-order chi connectivity index (χ1) is 11.1. The Bertz CT molecular complexity index is 721. The number of ether oxygens (including phenoxy) is 1. The van der Waals surface area contributed by atoms with Gasteiger partial charge < -0.3 is 31.1 Å². The molecule has 1 aliphatic heterocycles. The van der Waals surface area contributed by atoms with Crippen LogP contribution in [0.25, 0.3) is 11.2 Å². The van der Waals surface area contributed by atoms with Crippen LogP contribution >= 0.6 is 0 Å². The van der Waals surface area contributed by atoms with Gasteiger partial charge >= 0.3 is 0 Å². The number of amides is 1. The average Bonchev–Trinajstić information content (AvgIpc) is 3.10. The summed E-state index contributed by atoms with van der Waals surface area (Å²) in [6.07, 6.45) is -1.82. The number of anilines is 1. The van der Waals surface area contributed by atoms with E-state index >= 15 is 0 Å². The molecule has 0 unspecified atom stereocenters. The van der Waals surface area contributed by atoms with Crippen LogP contribution in [0.5, 0.6) is 0 Å². The highest BCUT2D eigenvalue weighted by atomic mass is 16.6. The maximum absolute atomic E-state index is 11.4. The van der Waals surface area contributed by atoms with Gasteiger partial charge in [-0.15, -0.1) is 0 Å². The van der Waals surface area contributed by atoms with E-state index in [2.05, 4.69) is 20.3 Å². The van der Waals surface area contributed by atoms with Crippen molar-refractivity contribution in [2.24, 2.45) is 5.73 Å². The number of aromatic nitrogens is 4. The van der Waals surface area contributed by atoms with Crippen LogP contribution < -0.4 is 11.1 Å². The smallest absolute Gasteiger partial charge is 0.239 e. The van der Waals surface area contributed by atoms with Crippen LogP contribution in [0.1, 0.15) is 6.23 Å². The van der Waals surface area contributed by atoms with E-state index in [1.165, 1.54) is 17.2 Å². The minimum absolute atomic E-state index is 0.177. The van der Waals surface area contributed by atoms with Crippen molar-refractivity contribution in [1.82, 2.24) is 19.5 Å². The third-order valence-corrected chi connectivity index (χ3v) is 3.59. The zero-order valence-corrected chi connectivity index (χ0v) is 11.9. The Balaban J connectivity index is 1.97. The Morgan fingerprint density at radius 3 is 2.78 bits per heavy atom. The van der Waals surface area contributed by atoms with Gasteiger partial charge in [-0.3, -0.25) is 9.36 Å². The molecule has 2 aromatic heterocycles. The number of aliphatic hydroxyl groups excluding tert-OH is 3. The second-order valence-corrected chi connectivity index (χ2v) is 5.03. The van der Waals surface area contributed by atoms with Gasteiger partial charge in [-0.2, -0.15) is 0 Å². The first-order valence-corrected chi connectivity index (χ1v) is 6.86. The highest BCUT2D eigenvalue weighted by molar-refractivity contribution is 5.97. The molecule has 1 amide bonds. The number of carbonyl (C=O) groups is 1. The van der Waals surface area contributed by atoms with Crippen LogP contribution in [-0.2, 0) is 9.53 Å². The van der Waals surface area contributed by atoms with Crippen LogP contribution in [0.4, 0.5) is 5.82 Å². The molecule has 0 bridgehead atoms. The van der Waals surface area contributed by atoms with E-state index in [4.69, 9.17) is 15.6 Å². The number of carbonyl (C=O) groups excluding carboxylic acids is 1. The van der Waals surface area contributed by atoms with Gasteiger partial charge in [0.15, 0.2) is 23.2 Å². The predicted octanol–water partition coefficient (Wildman–Crippen LogP) is -2.66. The standard InChI is InChI=1S/C12H16N6O5/c13-1-6(20)17-10-7-11(15-3-14-10)18(4-16-7)12-9(22)8(21)5(2-19)23-12/h3-5,8-9,12,19,21-22H,1-2,13H2,(H,14,15,17,20)/t5-,8-,9-,12-/m1/s1. The van der Waals surface area contributed by atoms with E-state index in [0.29, 0.717) is 5.65 Å². The molecule has 1 saturated heterocycles. The molecule has 11 heteroatoms. The van der Waals surface area contributed by atoms with Gasteiger partial charge in [0.25, 0.3) is 0 Å². The minimum Gasteiger partial charge on any atom is -0.394 e. The summed E-state index contributed by atoms with van der Waals surface area (Å²) in [7, 11) is 0. The van der Waals surface area contributed by atoms with Gasteiger partial charge in [-0.25, -0.2) is 15.0 Å². The van der Waals surface area contributed by atoms with Gasteiger partial charge in [0.2, 0.25) is 5.91 Å². The zero-order chi connectivity index (χ0) is 16.6. The van der Waals surface area contributed by atoms with Crippen LogP contribution in [0.15, 0.2) is 12.7 Å². The number of aliphatic hydroxyl groups is 3. The van der Waals surface area contributed by atoms with E-state index in [1.54, 1.807) is 0 Å². The number of nitrogens with two attached hydrogens (primary N) is 1. The van der Waals surface area contributed by atoms with Crippen molar-refractivity contribution in [1.29, 1.82) is 0 Å². The fourth-order valence-corrected chi connectivity index (χ4v) is 2.42. The molecule has 1 aliphatic rings. The van der Waals surface area contributed by atoms with Gasteiger partial charge in [0.1, 0.15) is 24.6 Å². The van der Waals surface area contributed by atoms with Crippen LogP contribution in [-0.4, -0.2) is 72.2 Å². The molecule has 124 valence electrons. The molecule has 0 spiro atoms. The Morgan fingerprint density at radius 2 is 2.13 bits per heavy atom.